The van der Waals surface area contributed by atoms with Gasteiger partial charge in [-0.25, -0.2) is 26.2 Å². The summed E-state index contributed by atoms with van der Waals surface area (Å²) in [6, 6.07) is 5.40. The van der Waals surface area contributed by atoms with E-state index < -0.39 is 25.9 Å². The summed E-state index contributed by atoms with van der Waals surface area (Å²) in [6.07, 6.45) is 2.59. The number of halogens is 1. The molecule has 2 heterocycles. The number of hydrogen-bond acceptors (Lipinski definition) is 6. The van der Waals surface area contributed by atoms with Crippen molar-refractivity contribution in [1.82, 2.24) is 14.5 Å². The van der Waals surface area contributed by atoms with Crippen molar-refractivity contribution < 1.29 is 21.6 Å². The Kier molecular flexibility index (Phi) is 5.72. The highest BCUT2D eigenvalue weighted by molar-refractivity contribution is 9.10. The van der Waals surface area contributed by atoms with Gasteiger partial charge >= 0.3 is 0 Å². The Balaban J connectivity index is 1.96. The summed E-state index contributed by atoms with van der Waals surface area (Å²) in [5.74, 6) is 0.395. The maximum atomic E-state index is 12.7. The molecule has 1 N–H and O–H groups in total. The Hall–Kier alpha value is -1.69. The van der Waals surface area contributed by atoms with Gasteiger partial charge in [0, 0.05) is 29.1 Å². The van der Waals surface area contributed by atoms with E-state index in [-0.39, 0.29) is 22.8 Å². The van der Waals surface area contributed by atoms with Crippen LogP contribution in [0.4, 0.5) is 0 Å². The highest BCUT2D eigenvalue weighted by Crippen LogP contribution is 2.30. The van der Waals surface area contributed by atoms with Gasteiger partial charge in [-0.15, -0.1) is 0 Å². The minimum Gasteiger partial charge on any atom is -0.476 e. The number of fused-ring (bicyclic) bond motifs is 1. The molecule has 1 aliphatic rings. The van der Waals surface area contributed by atoms with Crippen molar-refractivity contribution in [2.45, 2.75) is 24.3 Å². The lowest BCUT2D eigenvalue weighted by Gasteiger charge is -2.22. The van der Waals surface area contributed by atoms with E-state index in [1.54, 1.807) is 26.1 Å². The number of aromatic nitrogens is 2. The highest BCUT2D eigenvalue weighted by Gasteiger charge is 2.28. The molecule has 0 saturated heterocycles. The Labute approximate surface area is 172 Å². The fraction of sp³-hybridized carbons (Fsp3) is 0.353. The molecule has 2 aromatic rings. The summed E-state index contributed by atoms with van der Waals surface area (Å²) in [6.45, 7) is 1.72. The monoisotopic (exact) mass is 489 g/mol. The predicted octanol–water partition coefficient (Wildman–Crippen LogP) is 2.01. The summed E-state index contributed by atoms with van der Waals surface area (Å²) < 4.78 is 60.6. The van der Waals surface area contributed by atoms with Crippen LogP contribution in [0.2, 0.25) is 0 Å². The van der Waals surface area contributed by atoms with Gasteiger partial charge in [-0.1, -0.05) is 15.9 Å². The average Bonchev–Trinajstić information content (AvgIpc) is 2.81. The number of rotatable bonds is 4. The molecule has 0 amide bonds. The van der Waals surface area contributed by atoms with Crippen LogP contribution in [0.1, 0.15) is 17.7 Å². The van der Waals surface area contributed by atoms with E-state index in [9.17, 15) is 16.8 Å². The van der Waals surface area contributed by atoms with Crippen LogP contribution in [0.15, 0.2) is 38.5 Å². The van der Waals surface area contributed by atoms with Gasteiger partial charge in [-0.2, -0.15) is 5.10 Å². The molecule has 1 aromatic carbocycles. The molecule has 0 aliphatic carbocycles. The summed E-state index contributed by atoms with van der Waals surface area (Å²) in [5.41, 5.74) is 1.21. The van der Waals surface area contributed by atoms with E-state index in [1.807, 2.05) is 0 Å². The molecule has 0 spiro atoms. The first-order valence-electron chi connectivity index (χ1n) is 8.32. The Bertz CT molecular complexity index is 1140. The number of sulfonamides is 1. The number of benzene rings is 1. The molecule has 152 valence electrons. The molecule has 0 fully saturated rings. The Morgan fingerprint density at radius 3 is 2.46 bits per heavy atom. The maximum absolute atomic E-state index is 12.7. The van der Waals surface area contributed by atoms with E-state index in [1.165, 1.54) is 22.9 Å². The number of hydrogen-bond donors (Lipinski definition) is 1. The average molecular weight is 490 g/mol. The zero-order valence-corrected chi connectivity index (χ0v) is 18.7. The smallest absolute Gasteiger partial charge is 0.240 e. The van der Waals surface area contributed by atoms with Crippen molar-refractivity contribution in [2.24, 2.45) is 7.05 Å². The molecular weight excluding hydrogens is 470 g/mol. The first-order valence-corrected chi connectivity index (χ1v) is 12.5. The van der Waals surface area contributed by atoms with Crippen molar-refractivity contribution >= 4 is 41.9 Å². The second-order valence-electron chi connectivity index (χ2n) is 6.60. The van der Waals surface area contributed by atoms with Crippen LogP contribution < -0.4 is 9.46 Å². The molecule has 0 radical (unpaired) electrons. The topological polar surface area (TPSA) is 107 Å². The number of aryl methyl sites for hydroxylation is 2. The third-order valence-electron chi connectivity index (χ3n) is 4.31. The molecule has 11 heteroatoms. The highest BCUT2D eigenvalue weighted by atomic mass is 79.9. The summed E-state index contributed by atoms with van der Waals surface area (Å²) in [7, 11) is -5.72. The van der Waals surface area contributed by atoms with Gasteiger partial charge < -0.3 is 4.74 Å². The van der Waals surface area contributed by atoms with Gasteiger partial charge in [0.05, 0.1) is 22.2 Å². The molecule has 1 aliphatic heterocycles. The first-order chi connectivity index (χ1) is 13.0. The van der Waals surface area contributed by atoms with Crippen molar-refractivity contribution in [2.75, 3.05) is 12.9 Å². The summed E-state index contributed by atoms with van der Waals surface area (Å²) in [5, 5.41) is 4.26. The standard InChI is InChI=1S/C17H20BrN3O5S2/c1-11-16-9-15(27(3,22)23)8-13(10-26-17(16)21(2)19-11)20-28(24,25)14-6-4-12(18)5-7-14/h4-7,9,13,20H,8,10H2,1-3H3/b15-9+. The van der Waals surface area contributed by atoms with E-state index in [0.29, 0.717) is 17.1 Å². The molecule has 1 unspecified atom stereocenters. The molecule has 0 saturated carbocycles. The summed E-state index contributed by atoms with van der Waals surface area (Å²) >= 11 is 3.27. The quantitative estimate of drug-likeness (QED) is 0.703. The van der Waals surface area contributed by atoms with Crippen molar-refractivity contribution in [3.05, 3.63) is 44.9 Å². The van der Waals surface area contributed by atoms with Crippen LogP contribution in [0.25, 0.3) is 6.08 Å². The van der Waals surface area contributed by atoms with Crippen molar-refractivity contribution in [3.63, 3.8) is 0 Å². The molecule has 1 aromatic heterocycles. The minimum atomic E-state index is -3.85. The van der Waals surface area contributed by atoms with E-state index in [4.69, 9.17) is 4.74 Å². The van der Waals surface area contributed by atoms with E-state index in [2.05, 4.69) is 25.8 Å². The minimum absolute atomic E-state index is 0.0254. The maximum Gasteiger partial charge on any atom is 0.240 e. The van der Waals surface area contributed by atoms with E-state index in [0.717, 1.165) is 10.7 Å². The van der Waals surface area contributed by atoms with Gasteiger partial charge in [0.15, 0.2) is 9.84 Å². The van der Waals surface area contributed by atoms with Crippen LogP contribution in [0.5, 0.6) is 5.88 Å². The third-order valence-corrected chi connectivity index (χ3v) is 7.61. The third kappa shape index (κ3) is 4.48. The number of sulfone groups is 1. The van der Waals surface area contributed by atoms with Crippen LogP contribution in [0.3, 0.4) is 0 Å². The lowest BCUT2D eigenvalue weighted by molar-refractivity contribution is 0.256. The van der Waals surface area contributed by atoms with Gasteiger partial charge in [-0.3, -0.25) is 0 Å². The second-order valence-corrected chi connectivity index (χ2v) is 11.3. The summed E-state index contributed by atoms with van der Waals surface area (Å²) in [4.78, 5) is 0.205. The van der Waals surface area contributed by atoms with E-state index >= 15 is 0 Å². The lowest BCUT2D eigenvalue weighted by atomic mass is 10.1. The van der Waals surface area contributed by atoms with Crippen LogP contribution in [-0.4, -0.2) is 45.5 Å². The van der Waals surface area contributed by atoms with Crippen LogP contribution in [0, 0.1) is 6.92 Å². The fourth-order valence-electron chi connectivity index (χ4n) is 2.93. The molecule has 1 atom stereocenters. The van der Waals surface area contributed by atoms with Gasteiger partial charge in [0.1, 0.15) is 6.61 Å². The zero-order valence-electron chi connectivity index (χ0n) is 15.5. The normalized spacial score (nSPS) is 19.7. The number of nitrogens with one attached hydrogen (secondary N) is 1. The molecular formula is C17H20BrN3O5S2. The fourth-order valence-corrected chi connectivity index (χ4v) is 5.25. The van der Waals surface area contributed by atoms with Gasteiger partial charge in [0.2, 0.25) is 15.9 Å². The number of nitrogens with zero attached hydrogens (tertiary/aromatic N) is 2. The molecule has 8 nitrogen and oxygen atoms in total. The van der Waals surface area contributed by atoms with Crippen LogP contribution >= 0.6 is 15.9 Å². The zero-order chi connectivity index (χ0) is 20.7. The van der Waals surface area contributed by atoms with Crippen molar-refractivity contribution in [3.8, 4) is 5.88 Å². The Morgan fingerprint density at radius 1 is 1.21 bits per heavy atom. The largest absolute Gasteiger partial charge is 0.476 e. The number of ether oxygens (including phenoxy) is 1. The Morgan fingerprint density at radius 2 is 1.86 bits per heavy atom. The SMILES string of the molecule is Cc1nn(C)c2c1/C=C(/S(C)(=O)=O)CC(NS(=O)(=O)c1ccc(Br)cc1)CO2. The second kappa shape index (κ2) is 7.62. The predicted molar refractivity (Wildman–Crippen MR) is 109 cm³/mol. The first kappa shape index (κ1) is 21.0. The lowest BCUT2D eigenvalue weighted by Crippen LogP contribution is -2.40. The molecule has 3 rings (SSSR count). The molecule has 28 heavy (non-hydrogen) atoms. The van der Waals surface area contributed by atoms with Gasteiger partial charge in [0.25, 0.3) is 0 Å². The van der Waals surface area contributed by atoms with Crippen molar-refractivity contribution in [1.29, 1.82) is 0 Å². The van der Waals surface area contributed by atoms with Crippen LogP contribution in [-0.2, 0) is 26.9 Å². The molecule has 0 bridgehead atoms. The van der Waals surface area contributed by atoms with Gasteiger partial charge in [-0.05, 0) is 37.3 Å².